The van der Waals surface area contributed by atoms with E-state index in [4.69, 9.17) is 10.8 Å². The molecule has 3 nitrogen and oxygen atoms in total. The summed E-state index contributed by atoms with van der Waals surface area (Å²) in [4.78, 5) is 10.9. The molecule has 0 aliphatic carbocycles. The quantitative estimate of drug-likeness (QED) is 0.763. The fourth-order valence-corrected chi connectivity index (χ4v) is 2.08. The first-order valence-corrected chi connectivity index (χ1v) is 6.16. The van der Waals surface area contributed by atoms with Gasteiger partial charge in [-0.1, -0.05) is 37.3 Å². The van der Waals surface area contributed by atoms with E-state index in [1.54, 1.807) is 0 Å². The minimum atomic E-state index is -0.782. The van der Waals surface area contributed by atoms with Crippen LogP contribution >= 0.6 is 0 Å². The highest BCUT2D eigenvalue weighted by molar-refractivity contribution is 5.70. The molecule has 3 heteroatoms. The molecule has 0 saturated carbocycles. The number of benzene rings is 1. The highest BCUT2D eigenvalue weighted by Gasteiger charge is 2.18. The van der Waals surface area contributed by atoms with Crippen molar-refractivity contribution < 1.29 is 9.90 Å². The fraction of sp³-hybridized carbons (Fsp3) is 0.500. The van der Waals surface area contributed by atoms with Gasteiger partial charge in [-0.3, -0.25) is 4.79 Å². The molecule has 0 radical (unpaired) electrons. The summed E-state index contributed by atoms with van der Waals surface area (Å²) in [6.45, 7) is 2.36. The molecule has 0 heterocycles. The summed E-state index contributed by atoms with van der Waals surface area (Å²) in [5, 5.41) is 8.95. The van der Waals surface area contributed by atoms with Crippen LogP contribution in [0.1, 0.15) is 37.7 Å². The van der Waals surface area contributed by atoms with E-state index < -0.39 is 11.9 Å². The number of hydrogen-bond donors (Lipinski definition) is 2. The van der Waals surface area contributed by atoms with E-state index >= 15 is 0 Å². The first kappa shape index (κ1) is 13.7. The molecule has 0 fully saturated rings. The highest BCUT2D eigenvalue weighted by Crippen LogP contribution is 2.26. The third-order valence-corrected chi connectivity index (χ3v) is 3.26. The Bertz CT molecular complexity index is 337. The molecule has 0 saturated heterocycles. The van der Waals surface area contributed by atoms with E-state index in [9.17, 15) is 4.79 Å². The molecule has 2 unspecified atom stereocenters. The van der Waals surface area contributed by atoms with Crippen LogP contribution in [0, 0.1) is 5.92 Å². The first-order chi connectivity index (χ1) is 8.19. The second-order valence-corrected chi connectivity index (χ2v) is 4.36. The van der Waals surface area contributed by atoms with Crippen LogP contribution < -0.4 is 5.73 Å². The van der Waals surface area contributed by atoms with Crippen LogP contribution in [-0.4, -0.2) is 17.6 Å². The van der Waals surface area contributed by atoms with Gasteiger partial charge in [0.25, 0.3) is 0 Å². The van der Waals surface area contributed by atoms with Crippen molar-refractivity contribution in [1.29, 1.82) is 0 Å². The van der Waals surface area contributed by atoms with Crippen LogP contribution in [0.25, 0.3) is 0 Å². The lowest BCUT2D eigenvalue weighted by Gasteiger charge is -2.17. The molecular weight excluding hydrogens is 214 g/mol. The van der Waals surface area contributed by atoms with Gasteiger partial charge in [0.15, 0.2) is 0 Å². The number of carboxylic acid groups (broad SMARTS) is 1. The highest BCUT2D eigenvalue weighted by atomic mass is 16.4. The van der Waals surface area contributed by atoms with Crippen LogP contribution in [0.3, 0.4) is 0 Å². The Kier molecular flexibility index (Phi) is 5.70. The van der Waals surface area contributed by atoms with Gasteiger partial charge in [-0.05, 0) is 30.7 Å². The maximum atomic E-state index is 10.9. The van der Waals surface area contributed by atoms with Gasteiger partial charge < -0.3 is 10.8 Å². The second kappa shape index (κ2) is 7.07. The topological polar surface area (TPSA) is 63.3 Å². The molecule has 0 spiro atoms. The van der Waals surface area contributed by atoms with Crippen LogP contribution in [-0.2, 0) is 4.79 Å². The van der Waals surface area contributed by atoms with Crippen molar-refractivity contribution in [3.8, 4) is 0 Å². The lowest BCUT2D eigenvalue weighted by Crippen LogP contribution is -2.23. The van der Waals surface area contributed by atoms with Crippen molar-refractivity contribution in [3.05, 3.63) is 35.9 Å². The Morgan fingerprint density at radius 2 is 1.94 bits per heavy atom. The summed E-state index contributed by atoms with van der Waals surface area (Å²) in [7, 11) is 0. The van der Waals surface area contributed by atoms with Crippen LogP contribution in [0.2, 0.25) is 0 Å². The van der Waals surface area contributed by atoms with Crippen molar-refractivity contribution in [2.24, 2.45) is 11.7 Å². The zero-order valence-corrected chi connectivity index (χ0v) is 10.3. The lowest BCUT2D eigenvalue weighted by atomic mass is 9.88. The second-order valence-electron chi connectivity index (χ2n) is 4.36. The Morgan fingerprint density at radius 1 is 1.29 bits per heavy atom. The summed E-state index contributed by atoms with van der Waals surface area (Å²) >= 11 is 0. The first-order valence-electron chi connectivity index (χ1n) is 6.16. The molecule has 0 aromatic heterocycles. The van der Waals surface area contributed by atoms with E-state index in [1.807, 2.05) is 18.2 Å². The third-order valence-electron chi connectivity index (χ3n) is 3.26. The Morgan fingerprint density at radius 3 is 2.41 bits per heavy atom. The van der Waals surface area contributed by atoms with Crippen molar-refractivity contribution >= 4 is 5.97 Å². The van der Waals surface area contributed by atoms with Crippen LogP contribution in [0.4, 0.5) is 0 Å². The molecule has 0 aliphatic heterocycles. The molecule has 0 bridgehead atoms. The minimum absolute atomic E-state index is 0.223. The molecule has 1 rings (SSSR count). The summed E-state index contributed by atoms with van der Waals surface area (Å²) in [5.74, 6) is -0.757. The third kappa shape index (κ3) is 4.19. The standard InChI is InChI=1S/C14H21NO2/c1-2-11(12-6-4-3-5-7-12)8-9-13(10-15)14(16)17/h3-7,11,13H,2,8-10,15H2,1H3,(H,16,17). The predicted octanol–water partition coefficient (Wildman–Crippen LogP) is 2.62. The number of aliphatic carboxylic acids is 1. The van der Waals surface area contributed by atoms with Crippen molar-refractivity contribution in [1.82, 2.24) is 0 Å². The summed E-state index contributed by atoms with van der Waals surface area (Å²) < 4.78 is 0. The molecule has 0 amide bonds. The van der Waals surface area contributed by atoms with Gasteiger partial charge in [0.2, 0.25) is 0 Å². The van der Waals surface area contributed by atoms with Gasteiger partial charge in [0.1, 0.15) is 0 Å². The largest absolute Gasteiger partial charge is 0.481 e. The van der Waals surface area contributed by atoms with Gasteiger partial charge in [-0.15, -0.1) is 0 Å². The van der Waals surface area contributed by atoms with E-state index in [0.717, 1.165) is 12.8 Å². The Labute approximate surface area is 103 Å². The van der Waals surface area contributed by atoms with Crippen molar-refractivity contribution in [3.63, 3.8) is 0 Å². The predicted molar refractivity (Wildman–Crippen MR) is 68.9 cm³/mol. The van der Waals surface area contributed by atoms with Crippen molar-refractivity contribution in [2.45, 2.75) is 32.1 Å². The summed E-state index contributed by atoms with van der Waals surface area (Å²) in [6, 6.07) is 10.3. The number of carbonyl (C=O) groups is 1. The normalized spacial score (nSPS) is 14.2. The van der Waals surface area contributed by atoms with Gasteiger partial charge in [0, 0.05) is 6.54 Å². The van der Waals surface area contributed by atoms with Gasteiger partial charge in [-0.2, -0.15) is 0 Å². The fourth-order valence-electron chi connectivity index (χ4n) is 2.08. The lowest BCUT2D eigenvalue weighted by molar-refractivity contribution is -0.141. The zero-order valence-electron chi connectivity index (χ0n) is 10.3. The van der Waals surface area contributed by atoms with Crippen molar-refractivity contribution in [2.75, 3.05) is 6.54 Å². The number of rotatable bonds is 7. The Balaban J connectivity index is 2.56. The maximum absolute atomic E-state index is 10.9. The zero-order chi connectivity index (χ0) is 12.7. The SMILES string of the molecule is CCC(CCC(CN)C(=O)O)c1ccccc1. The van der Waals surface area contributed by atoms with Gasteiger partial charge in [0.05, 0.1) is 5.92 Å². The van der Waals surface area contributed by atoms with Crippen LogP contribution in [0.5, 0.6) is 0 Å². The number of hydrogen-bond acceptors (Lipinski definition) is 2. The summed E-state index contributed by atoms with van der Waals surface area (Å²) in [5.41, 5.74) is 6.75. The van der Waals surface area contributed by atoms with Gasteiger partial charge >= 0.3 is 5.97 Å². The van der Waals surface area contributed by atoms with E-state index in [2.05, 4.69) is 19.1 Å². The minimum Gasteiger partial charge on any atom is -0.481 e. The molecule has 2 atom stereocenters. The number of nitrogens with two attached hydrogens (primary N) is 1. The molecule has 3 N–H and O–H groups in total. The molecule has 0 aliphatic rings. The average molecular weight is 235 g/mol. The maximum Gasteiger partial charge on any atom is 0.307 e. The van der Waals surface area contributed by atoms with E-state index in [0.29, 0.717) is 12.3 Å². The molecule has 1 aromatic carbocycles. The molecular formula is C14H21NO2. The molecule has 1 aromatic rings. The smallest absolute Gasteiger partial charge is 0.307 e. The van der Waals surface area contributed by atoms with E-state index in [1.165, 1.54) is 5.56 Å². The summed E-state index contributed by atoms with van der Waals surface area (Å²) in [6.07, 6.45) is 2.56. The number of carboxylic acids is 1. The van der Waals surface area contributed by atoms with E-state index in [-0.39, 0.29) is 6.54 Å². The monoisotopic (exact) mass is 235 g/mol. The average Bonchev–Trinajstić information content (AvgIpc) is 2.35. The molecule has 94 valence electrons. The Hall–Kier alpha value is -1.35. The van der Waals surface area contributed by atoms with Gasteiger partial charge in [-0.25, -0.2) is 0 Å². The van der Waals surface area contributed by atoms with Crippen LogP contribution in [0.15, 0.2) is 30.3 Å². The molecule has 17 heavy (non-hydrogen) atoms.